The summed E-state index contributed by atoms with van der Waals surface area (Å²) >= 11 is 3.17. The lowest BCUT2D eigenvalue weighted by Gasteiger charge is -2.05. The minimum absolute atomic E-state index is 0.234. The SMILES string of the molecule is Fc1ccc(Sc2ncccc2-c2nc3ccccc3s2)cc1. The van der Waals surface area contributed by atoms with Gasteiger partial charge in [0.2, 0.25) is 0 Å². The quantitative estimate of drug-likeness (QED) is 0.483. The maximum Gasteiger partial charge on any atom is 0.127 e. The Kier molecular flexibility index (Phi) is 3.81. The van der Waals surface area contributed by atoms with Crippen LogP contribution in [-0.4, -0.2) is 9.97 Å². The lowest BCUT2D eigenvalue weighted by atomic mass is 10.3. The van der Waals surface area contributed by atoms with Gasteiger partial charge in [0, 0.05) is 16.7 Å². The zero-order valence-corrected chi connectivity index (χ0v) is 13.6. The van der Waals surface area contributed by atoms with Gasteiger partial charge in [0.1, 0.15) is 15.9 Å². The van der Waals surface area contributed by atoms with E-state index in [-0.39, 0.29) is 5.82 Å². The first-order chi connectivity index (χ1) is 11.3. The maximum absolute atomic E-state index is 13.1. The molecule has 0 radical (unpaired) electrons. The van der Waals surface area contributed by atoms with Gasteiger partial charge in [-0.15, -0.1) is 11.3 Å². The van der Waals surface area contributed by atoms with Crippen molar-refractivity contribution < 1.29 is 4.39 Å². The number of thiazole rings is 1. The van der Waals surface area contributed by atoms with Gasteiger partial charge in [0.05, 0.1) is 10.2 Å². The minimum Gasteiger partial charge on any atom is -0.249 e. The maximum atomic E-state index is 13.1. The first-order valence-corrected chi connectivity index (χ1v) is 8.67. The Balaban J connectivity index is 1.75. The first kappa shape index (κ1) is 14.4. The summed E-state index contributed by atoms with van der Waals surface area (Å²) in [6.07, 6.45) is 1.77. The van der Waals surface area contributed by atoms with E-state index in [1.807, 2.05) is 30.3 Å². The predicted octanol–water partition coefficient (Wildman–Crippen LogP) is 5.65. The van der Waals surface area contributed by atoms with Gasteiger partial charge >= 0.3 is 0 Å². The fourth-order valence-electron chi connectivity index (χ4n) is 2.24. The molecule has 0 aliphatic rings. The topological polar surface area (TPSA) is 25.8 Å². The highest BCUT2D eigenvalue weighted by atomic mass is 32.2. The Morgan fingerprint density at radius 1 is 0.913 bits per heavy atom. The van der Waals surface area contributed by atoms with Gasteiger partial charge in [-0.1, -0.05) is 23.9 Å². The summed E-state index contributed by atoms with van der Waals surface area (Å²) in [5.41, 5.74) is 2.00. The minimum atomic E-state index is -0.234. The number of hydrogen-bond donors (Lipinski definition) is 0. The molecule has 0 N–H and O–H groups in total. The third kappa shape index (κ3) is 2.98. The van der Waals surface area contributed by atoms with Crippen molar-refractivity contribution in [2.75, 3.05) is 0 Å². The smallest absolute Gasteiger partial charge is 0.127 e. The van der Waals surface area contributed by atoms with Crippen LogP contribution in [-0.2, 0) is 0 Å². The molecule has 2 nitrogen and oxygen atoms in total. The molecule has 0 bridgehead atoms. The number of aromatic nitrogens is 2. The molecule has 0 fully saturated rings. The van der Waals surface area contributed by atoms with Gasteiger partial charge in [0.25, 0.3) is 0 Å². The Labute approximate surface area is 141 Å². The Morgan fingerprint density at radius 3 is 2.57 bits per heavy atom. The average molecular weight is 338 g/mol. The Bertz CT molecular complexity index is 931. The van der Waals surface area contributed by atoms with Crippen molar-refractivity contribution in [2.45, 2.75) is 9.92 Å². The Hall–Kier alpha value is -2.24. The molecule has 0 amide bonds. The molecule has 0 spiro atoms. The molecular weight excluding hydrogens is 327 g/mol. The molecule has 112 valence electrons. The number of para-hydroxylation sites is 1. The number of nitrogens with zero attached hydrogens (tertiary/aromatic N) is 2. The van der Waals surface area contributed by atoms with E-state index in [1.165, 1.54) is 23.9 Å². The van der Waals surface area contributed by atoms with Crippen molar-refractivity contribution in [3.05, 3.63) is 72.7 Å². The van der Waals surface area contributed by atoms with Crippen LogP contribution in [0.25, 0.3) is 20.8 Å². The van der Waals surface area contributed by atoms with E-state index in [4.69, 9.17) is 4.98 Å². The molecule has 0 saturated carbocycles. The summed E-state index contributed by atoms with van der Waals surface area (Å²) in [7, 11) is 0. The van der Waals surface area contributed by atoms with Crippen LogP contribution in [0.15, 0.2) is 76.8 Å². The van der Waals surface area contributed by atoms with Crippen molar-refractivity contribution in [3.63, 3.8) is 0 Å². The molecule has 4 rings (SSSR count). The molecule has 2 heterocycles. The molecule has 5 heteroatoms. The first-order valence-electron chi connectivity index (χ1n) is 7.04. The van der Waals surface area contributed by atoms with Crippen LogP contribution in [0.2, 0.25) is 0 Å². The number of fused-ring (bicyclic) bond motifs is 1. The molecule has 2 aromatic heterocycles. The van der Waals surface area contributed by atoms with Crippen LogP contribution in [0.1, 0.15) is 0 Å². The largest absolute Gasteiger partial charge is 0.249 e. The van der Waals surface area contributed by atoms with Crippen molar-refractivity contribution in [2.24, 2.45) is 0 Å². The van der Waals surface area contributed by atoms with Crippen molar-refractivity contribution >= 4 is 33.3 Å². The standard InChI is InChI=1S/C18H11FN2S2/c19-12-7-9-13(10-8-12)22-17-14(4-3-11-20-17)18-21-15-5-1-2-6-16(15)23-18/h1-11H. The summed E-state index contributed by atoms with van der Waals surface area (Å²) in [5, 5.41) is 1.82. The van der Waals surface area contributed by atoms with E-state index in [9.17, 15) is 4.39 Å². The van der Waals surface area contributed by atoms with Crippen LogP contribution in [0.4, 0.5) is 4.39 Å². The number of benzene rings is 2. The fourth-order valence-corrected chi connectivity index (χ4v) is 4.18. The second-order valence-electron chi connectivity index (χ2n) is 4.90. The van der Waals surface area contributed by atoms with Crippen molar-refractivity contribution in [3.8, 4) is 10.6 Å². The molecule has 0 aliphatic heterocycles. The summed E-state index contributed by atoms with van der Waals surface area (Å²) in [4.78, 5) is 10.1. The van der Waals surface area contributed by atoms with Crippen molar-refractivity contribution in [1.29, 1.82) is 0 Å². The Morgan fingerprint density at radius 2 is 1.74 bits per heavy atom. The predicted molar refractivity (Wildman–Crippen MR) is 93.4 cm³/mol. The molecule has 0 saturated heterocycles. The lowest BCUT2D eigenvalue weighted by Crippen LogP contribution is -1.86. The third-order valence-corrected chi connectivity index (χ3v) is 5.42. The molecular formula is C18H11FN2S2. The van der Waals surface area contributed by atoms with Crippen LogP contribution >= 0.6 is 23.1 Å². The number of pyridine rings is 1. The van der Waals surface area contributed by atoms with Gasteiger partial charge in [-0.25, -0.2) is 14.4 Å². The molecule has 2 aromatic carbocycles. The number of halogens is 1. The van der Waals surface area contributed by atoms with Crippen molar-refractivity contribution in [1.82, 2.24) is 9.97 Å². The van der Waals surface area contributed by atoms with Gasteiger partial charge in [-0.05, 0) is 48.5 Å². The highest BCUT2D eigenvalue weighted by Gasteiger charge is 2.12. The fraction of sp³-hybridized carbons (Fsp3) is 0. The monoisotopic (exact) mass is 338 g/mol. The summed E-state index contributed by atoms with van der Waals surface area (Å²) in [6.45, 7) is 0. The summed E-state index contributed by atoms with van der Waals surface area (Å²) < 4.78 is 14.2. The normalized spacial score (nSPS) is 11.0. The van der Waals surface area contributed by atoms with E-state index in [0.29, 0.717) is 0 Å². The molecule has 0 unspecified atom stereocenters. The highest BCUT2D eigenvalue weighted by Crippen LogP contribution is 2.37. The van der Waals surface area contributed by atoms with Crippen LogP contribution < -0.4 is 0 Å². The van der Waals surface area contributed by atoms with Gasteiger partial charge in [-0.3, -0.25) is 0 Å². The second kappa shape index (κ2) is 6.10. The zero-order chi connectivity index (χ0) is 15.6. The third-order valence-electron chi connectivity index (χ3n) is 3.32. The van der Waals surface area contributed by atoms with E-state index in [0.717, 1.165) is 30.7 Å². The van der Waals surface area contributed by atoms with E-state index < -0.39 is 0 Å². The summed E-state index contributed by atoms with van der Waals surface area (Å²) in [5.74, 6) is -0.234. The van der Waals surface area contributed by atoms with Crippen LogP contribution in [0.3, 0.4) is 0 Å². The molecule has 0 atom stereocenters. The number of rotatable bonds is 3. The summed E-state index contributed by atoms with van der Waals surface area (Å²) in [6, 6.07) is 18.5. The molecule has 0 aliphatic carbocycles. The average Bonchev–Trinajstić information content (AvgIpc) is 3.01. The van der Waals surface area contributed by atoms with E-state index >= 15 is 0 Å². The zero-order valence-electron chi connectivity index (χ0n) is 11.9. The van der Waals surface area contributed by atoms with Gasteiger partial charge in [0.15, 0.2) is 0 Å². The highest BCUT2D eigenvalue weighted by molar-refractivity contribution is 7.99. The van der Waals surface area contributed by atoms with E-state index in [2.05, 4.69) is 11.1 Å². The van der Waals surface area contributed by atoms with Gasteiger partial charge in [-0.2, -0.15) is 0 Å². The lowest BCUT2D eigenvalue weighted by molar-refractivity contribution is 0.626. The van der Waals surface area contributed by atoms with Gasteiger partial charge < -0.3 is 0 Å². The van der Waals surface area contributed by atoms with E-state index in [1.54, 1.807) is 29.7 Å². The van der Waals surface area contributed by atoms with Crippen LogP contribution in [0, 0.1) is 5.82 Å². The number of hydrogen-bond acceptors (Lipinski definition) is 4. The van der Waals surface area contributed by atoms with Crippen LogP contribution in [0.5, 0.6) is 0 Å². The molecule has 4 aromatic rings. The molecule has 23 heavy (non-hydrogen) atoms. The second-order valence-corrected chi connectivity index (χ2v) is 6.99.